The average molecular weight is 284 g/mol. The molecule has 0 fully saturated rings. The van der Waals surface area contributed by atoms with Gasteiger partial charge in [0.1, 0.15) is 11.8 Å². The van der Waals surface area contributed by atoms with Crippen molar-refractivity contribution in [3.63, 3.8) is 0 Å². The van der Waals surface area contributed by atoms with Crippen molar-refractivity contribution in [1.82, 2.24) is 10.1 Å². The number of carboxylic acids is 1. The number of carbonyl (C=O) groups is 2. The quantitative estimate of drug-likeness (QED) is 0.793. The first-order chi connectivity index (χ1) is 9.31. The molecular weight excluding hydrogens is 264 g/mol. The van der Waals surface area contributed by atoms with E-state index in [-0.39, 0.29) is 18.9 Å². The molecule has 1 heterocycles. The fourth-order valence-corrected chi connectivity index (χ4v) is 1.96. The maximum absolute atomic E-state index is 11.3. The molecule has 20 heavy (non-hydrogen) atoms. The maximum atomic E-state index is 11.3. The summed E-state index contributed by atoms with van der Waals surface area (Å²) in [6.45, 7) is 5.53. The molecule has 7 heteroatoms. The lowest BCUT2D eigenvalue weighted by Crippen LogP contribution is -2.46. The fourth-order valence-electron chi connectivity index (χ4n) is 1.96. The van der Waals surface area contributed by atoms with E-state index in [9.17, 15) is 19.8 Å². The third-order valence-electron chi connectivity index (χ3n) is 2.89. The number of amides is 1. The van der Waals surface area contributed by atoms with Gasteiger partial charge in [-0.15, -0.1) is 0 Å². The zero-order chi connectivity index (χ0) is 15.3. The molecule has 0 spiro atoms. The van der Waals surface area contributed by atoms with Gasteiger partial charge in [0.05, 0.1) is 5.69 Å². The van der Waals surface area contributed by atoms with E-state index in [2.05, 4.69) is 5.16 Å². The Morgan fingerprint density at radius 2 is 2.05 bits per heavy atom. The topological polar surface area (TPSA) is 104 Å². The van der Waals surface area contributed by atoms with Gasteiger partial charge in [0, 0.05) is 19.0 Å². The SMILES string of the molecule is Cc1cc(CCN(C(=O)O)C(CC(C)C)C(=O)O)no1. The standard InChI is InChI=1S/C13H20N2O5/c1-8(2)6-11(12(16)17)15(13(18)19)5-4-10-7-9(3)20-14-10/h7-8,11H,4-6H2,1-3H3,(H,16,17)(H,18,19). The molecule has 0 radical (unpaired) electrons. The number of aromatic nitrogens is 1. The van der Waals surface area contributed by atoms with Crippen molar-refractivity contribution in [2.75, 3.05) is 6.54 Å². The number of hydrogen-bond donors (Lipinski definition) is 2. The summed E-state index contributed by atoms with van der Waals surface area (Å²) in [4.78, 5) is 23.5. The Balaban J connectivity index is 2.75. The molecule has 1 rings (SSSR count). The largest absolute Gasteiger partial charge is 0.480 e. The van der Waals surface area contributed by atoms with E-state index in [1.807, 2.05) is 13.8 Å². The van der Waals surface area contributed by atoms with Gasteiger partial charge in [0.15, 0.2) is 0 Å². The molecule has 112 valence electrons. The third kappa shape index (κ3) is 4.56. The zero-order valence-electron chi connectivity index (χ0n) is 11.9. The smallest absolute Gasteiger partial charge is 0.408 e. The molecule has 1 amide bonds. The molecule has 0 aromatic carbocycles. The number of hydrogen-bond acceptors (Lipinski definition) is 4. The number of carboxylic acid groups (broad SMARTS) is 2. The van der Waals surface area contributed by atoms with Gasteiger partial charge in [0.2, 0.25) is 0 Å². The second-order valence-corrected chi connectivity index (χ2v) is 5.14. The van der Waals surface area contributed by atoms with E-state index < -0.39 is 18.1 Å². The Hall–Kier alpha value is -2.05. The molecule has 0 saturated carbocycles. The Kier molecular flexibility index (Phi) is 5.54. The van der Waals surface area contributed by atoms with Crippen molar-refractivity contribution in [3.05, 3.63) is 17.5 Å². The number of rotatable bonds is 7. The van der Waals surface area contributed by atoms with E-state index >= 15 is 0 Å². The van der Waals surface area contributed by atoms with Gasteiger partial charge in [-0.2, -0.15) is 0 Å². The monoisotopic (exact) mass is 284 g/mol. The van der Waals surface area contributed by atoms with E-state index in [1.165, 1.54) is 0 Å². The van der Waals surface area contributed by atoms with E-state index in [0.717, 1.165) is 4.90 Å². The Bertz CT molecular complexity index is 469. The summed E-state index contributed by atoms with van der Waals surface area (Å²) in [5.74, 6) is -0.400. The van der Waals surface area contributed by atoms with Crippen LogP contribution in [0.15, 0.2) is 10.6 Å². The highest BCUT2D eigenvalue weighted by molar-refractivity contribution is 5.79. The summed E-state index contributed by atoms with van der Waals surface area (Å²) < 4.78 is 4.90. The van der Waals surface area contributed by atoms with Crippen molar-refractivity contribution in [3.8, 4) is 0 Å². The first kappa shape index (κ1) is 16.0. The highest BCUT2D eigenvalue weighted by Crippen LogP contribution is 2.14. The molecule has 7 nitrogen and oxygen atoms in total. The number of aliphatic carboxylic acids is 1. The molecule has 1 unspecified atom stereocenters. The number of aryl methyl sites for hydroxylation is 1. The van der Waals surface area contributed by atoms with Crippen LogP contribution in [-0.2, 0) is 11.2 Å². The van der Waals surface area contributed by atoms with Gasteiger partial charge in [-0.3, -0.25) is 4.90 Å². The third-order valence-corrected chi connectivity index (χ3v) is 2.89. The van der Waals surface area contributed by atoms with Crippen LogP contribution in [0.2, 0.25) is 0 Å². The first-order valence-electron chi connectivity index (χ1n) is 6.45. The zero-order valence-corrected chi connectivity index (χ0v) is 11.9. The minimum absolute atomic E-state index is 0.0744. The van der Waals surface area contributed by atoms with E-state index in [0.29, 0.717) is 17.9 Å². The van der Waals surface area contributed by atoms with Crippen molar-refractivity contribution in [2.24, 2.45) is 5.92 Å². The maximum Gasteiger partial charge on any atom is 0.408 e. The lowest BCUT2D eigenvalue weighted by molar-refractivity contribution is -0.143. The van der Waals surface area contributed by atoms with Gasteiger partial charge in [0.25, 0.3) is 0 Å². The van der Waals surface area contributed by atoms with Crippen LogP contribution in [0.5, 0.6) is 0 Å². The van der Waals surface area contributed by atoms with Gasteiger partial charge >= 0.3 is 12.1 Å². The summed E-state index contributed by atoms with van der Waals surface area (Å²) in [6, 6.07) is 0.665. The molecule has 1 atom stereocenters. The van der Waals surface area contributed by atoms with Crippen molar-refractivity contribution < 1.29 is 24.3 Å². The molecule has 0 bridgehead atoms. The predicted octanol–water partition coefficient (Wildman–Crippen LogP) is 2.00. The summed E-state index contributed by atoms with van der Waals surface area (Å²) in [5.41, 5.74) is 0.613. The van der Waals surface area contributed by atoms with Crippen LogP contribution in [0, 0.1) is 12.8 Å². The van der Waals surface area contributed by atoms with Crippen molar-refractivity contribution in [1.29, 1.82) is 0 Å². The minimum atomic E-state index is -1.24. The first-order valence-corrected chi connectivity index (χ1v) is 6.45. The highest BCUT2D eigenvalue weighted by Gasteiger charge is 2.30. The van der Waals surface area contributed by atoms with Crippen LogP contribution in [-0.4, -0.2) is 44.9 Å². The lowest BCUT2D eigenvalue weighted by Gasteiger charge is -2.27. The Morgan fingerprint density at radius 3 is 2.45 bits per heavy atom. The van der Waals surface area contributed by atoms with Crippen molar-refractivity contribution in [2.45, 2.75) is 39.7 Å². The predicted molar refractivity (Wildman–Crippen MR) is 70.6 cm³/mol. The molecular formula is C13H20N2O5. The molecule has 0 saturated heterocycles. The highest BCUT2D eigenvalue weighted by atomic mass is 16.5. The second-order valence-electron chi connectivity index (χ2n) is 5.14. The van der Waals surface area contributed by atoms with Crippen LogP contribution < -0.4 is 0 Å². The summed E-state index contributed by atoms with van der Waals surface area (Å²) in [5, 5.41) is 22.2. The van der Waals surface area contributed by atoms with Gasteiger partial charge in [-0.1, -0.05) is 19.0 Å². The van der Waals surface area contributed by atoms with Crippen LogP contribution in [0.1, 0.15) is 31.7 Å². The average Bonchev–Trinajstić information content (AvgIpc) is 2.72. The van der Waals surface area contributed by atoms with Crippen molar-refractivity contribution >= 4 is 12.1 Å². The summed E-state index contributed by atoms with van der Waals surface area (Å²) in [7, 11) is 0. The molecule has 0 aliphatic heterocycles. The lowest BCUT2D eigenvalue weighted by atomic mass is 10.0. The molecule has 1 aromatic rings. The summed E-state index contributed by atoms with van der Waals surface area (Å²) >= 11 is 0. The van der Waals surface area contributed by atoms with E-state index in [1.54, 1.807) is 13.0 Å². The molecule has 0 aliphatic rings. The Labute approximate surface area is 117 Å². The Morgan fingerprint density at radius 1 is 1.40 bits per heavy atom. The van der Waals surface area contributed by atoms with Crippen LogP contribution in [0.4, 0.5) is 4.79 Å². The van der Waals surface area contributed by atoms with Crippen LogP contribution in [0.3, 0.4) is 0 Å². The normalized spacial score (nSPS) is 12.4. The molecule has 2 N–H and O–H groups in total. The van der Waals surface area contributed by atoms with Gasteiger partial charge in [-0.05, 0) is 19.3 Å². The fraction of sp³-hybridized carbons (Fsp3) is 0.615. The molecule has 0 aliphatic carbocycles. The summed E-state index contributed by atoms with van der Waals surface area (Å²) in [6.07, 6.45) is -0.636. The van der Waals surface area contributed by atoms with Gasteiger partial charge < -0.3 is 14.7 Å². The van der Waals surface area contributed by atoms with Crippen LogP contribution >= 0.6 is 0 Å². The second kappa shape index (κ2) is 6.93. The molecule has 1 aromatic heterocycles. The number of nitrogens with zero attached hydrogens (tertiary/aromatic N) is 2. The van der Waals surface area contributed by atoms with Crippen LogP contribution in [0.25, 0.3) is 0 Å². The van der Waals surface area contributed by atoms with Gasteiger partial charge in [-0.25, -0.2) is 9.59 Å². The minimum Gasteiger partial charge on any atom is -0.480 e. The van der Waals surface area contributed by atoms with E-state index in [4.69, 9.17) is 4.52 Å².